The minimum atomic E-state index is -0.763. The molecule has 1 atom stereocenters. The fourth-order valence-corrected chi connectivity index (χ4v) is 2.27. The van der Waals surface area contributed by atoms with Gasteiger partial charge < -0.3 is 20.9 Å². The number of benzene rings is 2. The molecule has 0 aromatic heterocycles. The first-order valence-electron chi connectivity index (χ1n) is 6.43. The third kappa shape index (κ3) is 3.33. The normalized spacial score (nSPS) is 11.6. The Hall–Kier alpha value is -2.63. The molecule has 0 saturated heterocycles. The minimum absolute atomic E-state index is 0.0307. The third-order valence-corrected chi connectivity index (χ3v) is 3.30. The number of hydrogen-bond donors (Lipinski definition) is 2. The smallest absolute Gasteiger partial charge is 0.0774 e. The number of anilines is 2. The SMILES string of the molecule is N#CC(Cc1ccccc1N([O-])O)c1ccccc1N([O-])O. The zero-order valence-corrected chi connectivity index (χ0v) is 11.5. The number of rotatable bonds is 5. The van der Waals surface area contributed by atoms with Crippen LogP contribution in [0.2, 0.25) is 0 Å². The van der Waals surface area contributed by atoms with Gasteiger partial charge in [-0.2, -0.15) is 5.26 Å². The molecule has 0 aliphatic heterocycles. The molecule has 0 spiro atoms. The quantitative estimate of drug-likeness (QED) is 0.815. The number of hydrogen-bond acceptors (Lipinski definition) is 7. The lowest BCUT2D eigenvalue weighted by molar-refractivity contribution is 0.294. The standard InChI is InChI=1S/C15H13N3O4/c16-10-12(13-6-2-4-8-15(13)18(21)22)9-11-5-1-3-7-14(11)17(19)20/h1-8,12,19,21H,9H2/q-2. The first-order chi connectivity index (χ1) is 10.5. The summed E-state index contributed by atoms with van der Waals surface area (Å²) in [4.78, 5) is 0. The molecular weight excluding hydrogens is 286 g/mol. The van der Waals surface area contributed by atoms with Gasteiger partial charge in [0.2, 0.25) is 0 Å². The predicted octanol–water partition coefficient (Wildman–Crippen LogP) is 2.92. The summed E-state index contributed by atoms with van der Waals surface area (Å²) in [5, 5.41) is 49.4. The van der Waals surface area contributed by atoms with Crippen LogP contribution in [-0.2, 0) is 6.42 Å². The van der Waals surface area contributed by atoms with Gasteiger partial charge in [-0.1, -0.05) is 36.4 Å². The molecule has 2 N–H and O–H groups in total. The Balaban J connectivity index is 2.38. The Labute approximate surface area is 126 Å². The van der Waals surface area contributed by atoms with Crippen molar-refractivity contribution in [2.75, 3.05) is 10.5 Å². The summed E-state index contributed by atoms with van der Waals surface area (Å²) >= 11 is 0. The van der Waals surface area contributed by atoms with E-state index in [4.69, 9.17) is 10.4 Å². The maximum atomic E-state index is 11.2. The number of nitrogens with zero attached hydrogens (tertiary/aromatic N) is 3. The van der Waals surface area contributed by atoms with Crippen LogP contribution in [0.25, 0.3) is 0 Å². The molecule has 0 amide bonds. The van der Waals surface area contributed by atoms with Crippen LogP contribution >= 0.6 is 0 Å². The summed E-state index contributed by atoms with van der Waals surface area (Å²) in [5.74, 6) is -0.763. The first kappa shape index (κ1) is 15.8. The molecule has 0 aliphatic rings. The summed E-state index contributed by atoms with van der Waals surface area (Å²) in [6.07, 6.45) is 0.108. The van der Waals surface area contributed by atoms with E-state index in [1.807, 2.05) is 6.07 Å². The van der Waals surface area contributed by atoms with Gasteiger partial charge in [-0.05, 0) is 29.7 Å². The van der Waals surface area contributed by atoms with E-state index in [0.717, 1.165) is 0 Å². The van der Waals surface area contributed by atoms with Crippen LogP contribution in [0.4, 0.5) is 11.4 Å². The van der Waals surface area contributed by atoms with Crippen molar-refractivity contribution in [1.29, 1.82) is 5.26 Å². The monoisotopic (exact) mass is 299 g/mol. The molecule has 0 saturated carbocycles. The van der Waals surface area contributed by atoms with Crippen molar-refractivity contribution < 1.29 is 10.4 Å². The summed E-state index contributed by atoms with van der Waals surface area (Å²) < 4.78 is 0. The van der Waals surface area contributed by atoms with Crippen LogP contribution in [0.5, 0.6) is 0 Å². The van der Waals surface area contributed by atoms with E-state index in [-0.39, 0.29) is 28.2 Å². The predicted molar refractivity (Wildman–Crippen MR) is 80.2 cm³/mol. The van der Waals surface area contributed by atoms with Gasteiger partial charge in [0.1, 0.15) is 0 Å². The van der Waals surface area contributed by atoms with E-state index < -0.39 is 5.92 Å². The molecule has 0 aliphatic carbocycles. The van der Waals surface area contributed by atoms with Crippen molar-refractivity contribution in [3.63, 3.8) is 0 Å². The van der Waals surface area contributed by atoms with E-state index >= 15 is 0 Å². The lowest BCUT2D eigenvalue weighted by Gasteiger charge is -2.28. The second-order valence-electron chi connectivity index (χ2n) is 4.62. The van der Waals surface area contributed by atoms with Gasteiger partial charge in [0.15, 0.2) is 0 Å². The molecular formula is C15H13N3O4-2. The molecule has 7 nitrogen and oxygen atoms in total. The lowest BCUT2D eigenvalue weighted by atomic mass is 9.91. The molecule has 22 heavy (non-hydrogen) atoms. The average molecular weight is 299 g/mol. The molecule has 0 fully saturated rings. The number of nitriles is 1. The van der Waals surface area contributed by atoms with Crippen molar-refractivity contribution in [1.82, 2.24) is 0 Å². The maximum Gasteiger partial charge on any atom is 0.0774 e. The Morgan fingerprint density at radius 1 is 0.955 bits per heavy atom. The molecule has 2 aromatic rings. The summed E-state index contributed by atoms with van der Waals surface area (Å²) in [6.45, 7) is 0. The minimum Gasteiger partial charge on any atom is -0.733 e. The summed E-state index contributed by atoms with van der Waals surface area (Å²) in [7, 11) is 0. The first-order valence-corrected chi connectivity index (χ1v) is 6.43. The Bertz CT molecular complexity index is 682. The zero-order valence-electron chi connectivity index (χ0n) is 11.5. The van der Waals surface area contributed by atoms with Crippen LogP contribution < -0.4 is 10.5 Å². The fraction of sp³-hybridized carbons (Fsp3) is 0.133. The third-order valence-electron chi connectivity index (χ3n) is 3.30. The average Bonchev–Trinajstić information content (AvgIpc) is 2.52. The van der Waals surface area contributed by atoms with Crippen molar-refractivity contribution >= 4 is 11.4 Å². The van der Waals surface area contributed by atoms with Gasteiger partial charge in [0.05, 0.1) is 23.4 Å². The van der Waals surface area contributed by atoms with Gasteiger partial charge in [0.25, 0.3) is 0 Å². The van der Waals surface area contributed by atoms with E-state index in [1.54, 1.807) is 36.4 Å². The van der Waals surface area contributed by atoms with Crippen molar-refractivity contribution in [2.24, 2.45) is 0 Å². The van der Waals surface area contributed by atoms with E-state index in [9.17, 15) is 15.7 Å². The second kappa shape index (κ2) is 6.89. The highest BCUT2D eigenvalue weighted by molar-refractivity contribution is 5.57. The largest absolute Gasteiger partial charge is 0.733 e. The molecule has 0 bridgehead atoms. The molecule has 2 aromatic carbocycles. The molecule has 1 unspecified atom stereocenters. The van der Waals surface area contributed by atoms with E-state index in [2.05, 4.69) is 0 Å². The fourth-order valence-electron chi connectivity index (χ4n) is 2.27. The molecule has 7 heteroatoms. The molecule has 0 heterocycles. The van der Waals surface area contributed by atoms with Crippen LogP contribution in [-0.4, -0.2) is 10.4 Å². The Morgan fingerprint density at radius 2 is 1.50 bits per heavy atom. The van der Waals surface area contributed by atoms with Crippen LogP contribution in [0.1, 0.15) is 17.0 Å². The van der Waals surface area contributed by atoms with Crippen molar-refractivity contribution in [2.45, 2.75) is 12.3 Å². The van der Waals surface area contributed by atoms with Crippen LogP contribution in [0.15, 0.2) is 48.5 Å². The van der Waals surface area contributed by atoms with Crippen molar-refractivity contribution in [3.8, 4) is 6.07 Å². The zero-order chi connectivity index (χ0) is 16.1. The number of para-hydroxylation sites is 2. The molecule has 2 rings (SSSR count). The van der Waals surface area contributed by atoms with Gasteiger partial charge in [-0.15, -0.1) is 0 Å². The van der Waals surface area contributed by atoms with Gasteiger partial charge in [0, 0.05) is 0 Å². The van der Waals surface area contributed by atoms with Gasteiger partial charge in [-0.25, -0.2) is 0 Å². The van der Waals surface area contributed by atoms with Crippen LogP contribution in [0.3, 0.4) is 0 Å². The lowest BCUT2D eigenvalue weighted by Crippen LogP contribution is -2.14. The summed E-state index contributed by atoms with van der Waals surface area (Å²) in [5.41, 5.74) is 0.794. The topological polar surface area (TPSA) is 117 Å². The Morgan fingerprint density at radius 3 is 2.09 bits per heavy atom. The van der Waals surface area contributed by atoms with Gasteiger partial charge in [-0.3, -0.25) is 10.4 Å². The highest BCUT2D eigenvalue weighted by Crippen LogP contribution is 2.31. The summed E-state index contributed by atoms with van der Waals surface area (Å²) in [6, 6.07) is 14.5. The Kier molecular flexibility index (Phi) is 4.93. The van der Waals surface area contributed by atoms with E-state index in [0.29, 0.717) is 11.1 Å². The van der Waals surface area contributed by atoms with Crippen LogP contribution in [0, 0.1) is 21.7 Å². The van der Waals surface area contributed by atoms with E-state index in [1.165, 1.54) is 12.1 Å². The molecule has 114 valence electrons. The van der Waals surface area contributed by atoms with Crippen molar-refractivity contribution in [3.05, 3.63) is 70.1 Å². The maximum absolute atomic E-state index is 11.2. The highest BCUT2D eigenvalue weighted by Gasteiger charge is 2.17. The van der Waals surface area contributed by atoms with Gasteiger partial charge >= 0.3 is 0 Å². The molecule has 0 radical (unpaired) electrons. The second-order valence-corrected chi connectivity index (χ2v) is 4.62. The highest BCUT2D eigenvalue weighted by atomic mass is 16.8.